The Labute approximate surface area is 108 Å². The Morgan fingerprint density at radius 1 is 0.824 bits per heavy atom. The van der Waals surface area contributed by atoms with Crippen molar-refractivity contribution in [2.45, 2.75) is 78.7 Å². The zero-order valence-corrected chi connectivity index (χ0v) is 12.3. The predicted molar refractivity (Wildman–Crippen MR) is 75.2 cm³/mol. The van der Waals surface area contributed by atoms with Crippen molar-refractivity contribution in [2.24, 2.45) is 16.7 Å². The van der Waals surface area contributed by atoms with Gasteiger partial charge in [0.15, 0.2) is 0 Å². The first-order chi connectivity index (χ1) is 7.96. The van der Waals surface area contributed by atoms with Gasteiger partial charge in [-0.05, 0) is 36.1 Å². The summed E-state index contributed by atoms with van der Waals surface area (Å²) >= 11 is 0. The maximum absolute atomic E-state index is 3.86. The molecular weight excluding hydrogens is 206 g/mol. The van der Waals surface area contributed by atoms with E-state index >= 15 is 0 Å². The summed E-state index contributed by atoms with van der Waals surface area (Å²) in [5.74, 6) is 0.875. The van der Waals surface area contributed by atoms with Crippen molar-refractivity contribution in [3.8, 4) is 0 Å². The fourth-order valence-electron chi connectivity index (χ4n) is 3.79. The second kappa shape index (κ2) is 4.91. The summed E-state index contributed by atoms with van der Waals surface area (Å²) in [6.45, 7) is 11.0. The van der Waals surface area contributed by atoms with E-state index in [4.69, 9.17) is 0 Å². The molecule has 17 heavy (non-hydrogen) atoms. The minimum Gasteiger partial charge on any atom is -0.314 e. The molecule has 2 saturated carbocycles. The van der Waals surface area contributed by atoms with E-state index in [1.54, 1.807) is 0 Å². The van der Waals surface area contributed by atoms with Gasteiger partial charge in [0.1, 0.15) is 0 Å². The van der Waals surface area contributed by atoms with E-state index in [0.717, 1.165) is 12.0 Å². The largest absolute Gasteiger partial charge is 0.314 e. The fraction of sp³-hybridized carbons (Fsp3) is 1.00. The van der Waals surface area contributed by atoms with Gasteiger partial charge >= 0.3 is 0 Å². The van der Waals surface area contributed by atoms with Crippen LogP contribution in [0, 0.1) is 16.7 Å². The number of rotatable bonds is 3. The van der Waals surface area contributed by atoms with Gasteiger partial charge in [0.25, 0.3) is 0 Å². The molecule has 1 N–H and O–H groups in total. The number of nitrogens with one attached hydrogen (secondary N) is 1. The minimum atomic E-state index is 0.543. The molecule has 2 rings (SSSR count). The molecule has 2 fully saturated rings. The van der Waals surface area contributed by atoms with Gasteiger partial charge in [-0.3, -0.25) is 0 Å². The molecule has 100 valence electrons. The Morgan fingerprint density at radius 3 is 1.76 bits per heavy atom. The van der Waals surface area contributed by atoms with E-state index in [2.05, 4.69) is 33.0 Å². The van der Waals surface area contributed by atoms with Crippen molar-refractivity contribution in [1.29, 1.82) is 0 Å². The van der Waals surface area contributed by atoms with Crippen LogP contribution >= 0.6 is 0 Å². The molecule has 0 aromatic rings. The van der Waals surface area contributed by atoms with Gasteiger partial charge in [-0.1, -0.05) is 59.8 Å². The van der Waals surface area contributed by atoms with Crippen LogP contribution in [-0.4, -0.2) is 12.6 Å². The highest BCUT2D eigenvalue weighted by Gasteiger charge is 2.63. The lowest BCUT2D eigenvalue weighted by molar-refractivity contribution is 0.373. The third-order valence-corrected chi connectivity index (χ3v) is 6.04. The first-order valence-corrected chi connectivity index (χ1v) is 7.69. The highest BCUT2D eigenvalue weighted by Crippen LogP contribution is 2.67. The molecule has 0 radical (unpaired) electrons. The molecule has 0 aromatic carbocycles. The lowest BCUT2D eigenvalue weighted by Gasteiger charge is -2.21. The van der Waals surface area contributed by atoms with Crippen LogP contribution in [0.4, 0.5) is 0 Å². The van der Waals surface area contributed by atoms with Crippen molar-refractivity contribution in [1.82, 2.24) is 5.32 Å². The van der Waals surface area contributed by atoms with E-state index in [0.29, 0.717) is 10.8 Å². The summed E-state index contributed by atoms with van der Waals surface area (Å²) in [6, 6.07) is 0.808. The second-order valence-corrected chi connectivity index (χ2v) is 7.45. The van der Waals surface area contributed by atoms with E-state index in [-0.39, 0.29) is 0 Å². The Balaban J connectivity index is 1.74. The van der Waals surface area contributed by atoms with Crippen LogP contribution in [0.25, 0.3) is 0 Å². The first-order valence-electron chi connectivity index (χ1n) is 7.69. The quantitative estimate of drug-likeness (QED) is 0.768. The van der Waals surface area contributed by atoms with Gasteiger partial charge in [-0.2, -0.15) is 0 Å². The summed E-state index contributed by atoms with van der Waals surface area (Å²) in [5, 5.41) is 3.86. The predicted octanol–water partition coefficient (Wildman–Crippen LogP) is 4.37. The molecule has 2 aliphatic rings. The third-order valence-electron chi connectivity index (χ3n) is 6.04. The van der Waals surface area contributed by atoms with Gasteiger partial charge in [0.05, 0.1) is 0 Å². The average molecular weight is 237 g/mol. The van der Waals surface area contributed by atoms with Crippen molar-refractivity contribution in [3.63, 3.8) is 0 Å². The summed E-state index contributed by atoms with van der Waals surface area (Å²) in [5.41, 5.74) is 1.09. The molecule has 0 spiro atoms. The smallest absolute Gasteiger partial charge is 0.00671 e. The van der Waals surface area contributed by atoms with Gasteiger partial charge < -0.3 is 5.32 Å². The fourth-order valence-corrected chi connectivity index (χ4v) is 3.79. The molecule has 0 atom stereocenters. The molecular formula is C16H31N. The Morgan fingerprint density at radius 2 is 1.29 bits per heavy atom. The maximum atomic E-state index is 3.86. The topological polar surface area (TPSA) is 12.0 Å². The molecule has 1 heteroatoms. The summed E-state index contributed by atoms with van der Waals surface area (Å²) in [6.07, 6.45) is 10.1. The van der Waals surface area contributed by atoms with E-state index in [1.807, 2.05) is 0 Å². The molecule has 0 heterocycles. The molecule has 0 aromatic heterocycles. The van der Waals surface area contributed by atoms with Crippen LogP contribution < -0.4 is 5.32 Å². The highest BCUT2D eigenvalue weighted by molar-refractivity contribution is 5.12. The van der Waals surface area contributed by atoms with Crippen molar-refractivity contribution < 1.29 is 0 Å². The van der Waals surface area contributed by atoms with Gasteiger partial charge in [0.2, 0.25) is 0 Å². The lowest BCUT2D eigenvalue weighted by atomic mass is 9.96. The Bertz CT molecular complexity index is 232. The second-order valence-electron chi connectivity index (χ2n) is 7.45. The zero-order chi connectivity index (χ0) is 12.5. The SMILES string of the molecule is CC1(C)C(CNC2CCCCCCC2)C1(C)C. The Hall–Kier alpha value is -0.0400. The first kappa shape index (κ1) is 13.4. The van der Waals surface area contributed by atoms with E-state index < -0.39 is 0 Å². The normalized spacial score (nSPS) is 29.6. The molecule has 1 nitrogen and oxygen atoms in total. The lowest BCUT2D eigenvalue weighted by Crippen LogP contribution is -2.32. The summed E-state index contributed by atoms with van der Waals surface area (Å²) < 4.78 is 0. The maximum Gasteiger partial charge on any atom is 0.00671 e. The van der Waals surface area contributed by atoms with Gasteiger partial charge in [-0.25, -0.2) is 0 Å². The number of hydrogen-bond acceptors (Lipinski definition) is 1. The van der Waals surface area contributed by atoms with Crippen LogP contribution in [-0.2, 0) is 0 Å². The molecule has 0 amide bonds. The van der Waals surface area contributed by atoms with E-state index in [1.165, 1.54) is 51.5 Å². The van der Waals surface area contributed by atoms with Crippen molar-refractivity contribution >= 4 is 0 Å². The van der Waals surface area contributed by atoms with Gasteiger partial charge in [-0.15, -0.1) is 0 Å². The average Bonchev–Trinajstić information content (AvgIpc) is 2.57. The van der Waals surface area contributed by atoms with Crippen LogP contribution in [0.2, 0.25) is 0 Å². The third kappa shape index (κ3) is 2.70. The van der Waals surface area contributed by atoms with Gasteiger partial charge in [0, 0.05) is 6.04 Å². The molecule has 2 aliphatic carbocycles. The van der Waals surface area contributed by atoms with Crippen LogP contribution in [0.1, 0.15) is 72.6 Å². The molecule has 0 bridgehead atoms. The van der Waals surface area contributed by atoms with E-state index in [9.17, 15) is 0 Å². The molecule has 0 unspecified atom stereocenters. The zero-order valence-electron chi connectivity index (χ0n) is 12.3. The number of hydrogen-bond donors (Lipinski definition) is 1. The summed E-state index contributed by atoms with van der Waals surface area (Å²) in [7, 11) is 0. The standard InChI is InChI=1S/C16H31N/c1-15(2)14(16(15,3)4)12-17-13-10-8-6-5-7-9-11-13/h13-14,17H,5-12H2,1-4H3. The highest BCUT2D eigenvalue weighted by atomic mass is 14.9. The molecule has 0 saturated heterocycles. The minimum absolute atomic E-state index is 0.543. The summed E-state index contributed by atoms with van der Waals surface area (Å²) in [4.78, 5) is 0. The van der Waals surface area contributed by atoms with Crippen LogP contribution in [0.5, 0.6) is 0 Å². The van der Waals surface area contributed by atoms with Crippen molar-refractivity contribution in [2.75, 3.05) is 6.54 Å². The van der Waals surface area contributed by atoms with Crippen LogP contribution in [0.15, 0.2) is 0 Å². The van der Waals surface area contributed by atoms with Crippen molar-refractivity contribution in [3.05, 3.63) is 0 Å². The monoisotopic (exact) mass is 237 g/mol. The molecule has 0 aliphatic heterocycles. The van der Waals surface area contributed by atoms with Crippen LogP contribution in [0.3, 0.4) is 0 Å². The Kier molecular flexibility index (Phi) is 3.87.